The number of nitrogens with one attached hydrogen (secondary N) is 1. The van der Waals surface area contributed by atoms with Crippen LogP contribution in [-0.2, 0) is 23.9 Å². The van der Waals surface area contributed by atoms with Crippen LogP contribution in [0.25, 0.3) is 0 Å². The third kappa shape index (κ3) is 4.48. The van der Waals surface area contributed by atoms with E-state index in [2.05, 4.69) is 5.32 Å². The molecule has 4 rings (SSSR count). The highest BCUT2D eigenvalue weighted by Gasteiger charge is 2.47. The van der Waals surface area contributed by atoms with E-state index in [1.54, 1.807) is 7.11 Å². The Morgan fingerprint density at radius 1 is 1.09 bits per heavy atom. The molecule has 34 heavy (non-hydrogen) atoms. The van der Waals surface area contributed by atoms with Crippen LogP contribution in [0, 0.1) is 11.8 Å². The molecule has 7 nitrogen and oxygen atoms in total. The molecule has 1 aliphatic heterocycles. The Hall–Kier alpha value is -3.09. The maximum absolute atomic E-state index is 13.8. The van der Waals surface area contributed by atoms with Gasteiger partial charge in [-0.05, 0) is 62.6 Å². The summed E-state index contributed by atoms with van der Waals surface area (Å²) >= 11 is 0. The third-order valence-corrected chi connectivity index (χ3v) is 7.22. The van der Waals surface area contributed by atoms with Crippen LogP contribution < -0.4 is 10.1 Å². The van der Waals surface area contributed by atoms with Crippen molar-refractivity contribution in [3.8, 4) is 5.75 Å². The van der Waals surface area contributed by atoms with Gasteiger partial charge in [-0.15, -0.1) is 0 Å². The lowest BCUT2D eigenvalue weighted by molar-refractivity contribution is -0.151. The van der Waals surface area contributed by atoms with E-state index in [4.69, 9.17) is 14.2 Å². The van der Waals surface area contributed by atoms with Gasteiger partial charge in [0, 0.05) is 22.9 Å². The minimum atomic E-state index is -0.910. The Morgan fingerprint density at radius 3 is 2.50 bits per heavy atom. The van der Waals surface area contributed by atoms with Crippen molar-refractivity contribution in [3.63, 3.8) is 0 Å². The highest BCUT2D eigenvalue weighted by atomic mass is 16.5. The van der Waals surface area contributed by atoms with E-state index in [0.717, 1.165) is 43.4 Å². The van der Waals surface area contributed by atoms with E-state index < -0.39 is 23.8 Å². The number of esters is 2. The summed E-state index contributed by atoms with van der Waals surface area (Å²) in [6, 6.07) is 7.37. The molecule has 3 atom stereocenters. The largest absolute Gasteiger partial charge is 0.497 e. The van der Waals surface area contributed by atoms with Crippen LogP contribution in [-0.4, -0.2) is 38.0 Å². The summed E-state index contributed by atoms with van der Waals surface area (Å²) in [5, 5.41) is 3.31. The summed E-state index contributed by atoms with van der Waals surface area (Å²) in [6.45, 7) is 3.72. The van der Waals surface area contributed by atoms with Crippen LogP contribution in [0.4, 0.5) is 0 Å². The summed E-state index contributed by atoms with van der Waals surface area (Å²) < 4.78 is 16.3. The Labute approximate surface area is 200 Å². The smallest absolute Gasteiger partial charge is 0.337 e. The highest BCUT2D eigenvalue weighted by Crippen LogP contribution is 2.46. The zero-order chi connectivity index (χ0) is 24.4. The van der Waals surface area contributed by atoms with Crippen molar-refractivity contribution in [1.82, 2.24) is 5.32 Å². The molecule has 1 aromatic rings. The molecule has 0 aromatic heterocycles. The number of methoxy groups -OCH3 is 2. The zero-order valence-corrected chi connectivity index (χ0v) is 20.3. The first-order valence-electron chi connectivity index (χ1n) is 12.0. The molecule has 3 aliphatic rings. The predicted octanol–water partition coefficient (Wildman–Crippen LogP) is 4.18. The van der Waals surface area contributed by atoms with Crippen LogP contribution in [0.15, 0.2) is 46.8 Å². The number of hydrogen-bond donors (Lipinski definition) is 1. The average molecular weight is 468 g/mol. The summed E-state index contributed by atoms with van der Waals surface area (Å²) in [4.78, 5) is 39.9. The molecule has 7 heteroatoms. The molecule has 0 unspecified atom stereocenters. The Morgan fingerprint density at radius 2 is 1.82 bits per heavy atom. The van der Waals surface area contributed by atoms with E-state index in [0.29, 0.717) is 29.0 Å². The van der Waals surface area contributed by atoms with Gasteiger partial charge in [0.05, 0.1) is 19.8 Å². The number of carbonyl (C=O) groups excluding carboxylic acids is 3. The van der Waals surface area contributed by atoms with Gasteiger partial charge in [0.25, 0.3) is 0 Å². The van der Waals surface area contributed by atoms with Gasteiger partial charge in [-0.3, -0.25) is 9.59 Å². The second-order valence-corrected chi connectivity index (χ2v) is 9.48. The number of ketones is 1. The Kier molecular flexibility index (Phi) is 7.10. The number of benzene rings is 1. The van der Waals surface area contributed by atoms with Crippen molar-refractivity contribution < 1.29 is 28.6 Å². The zero-order valence-electron chi connectivity index (χ0n) is 20.3. The minimum absolute atomic E-state index is 0.118. The van der Waals surface area contributed by atoms with Gasteiger partial charge in [0.2, 0.25) is 0 Å². The highest BCUT2D eigenvalue weighted by molar-refractivity contribution is 6.12. The van der Waals surface area contributed by atoms with Crippen molar-refractivity contribution in [1.29, 1.82) is 0 Å². The third-order valence-electron chi connectivity index (χ3n) is 7.22. The van der Waals surface area contributed by atoms with Crippen LogP contribution in [0.3, 0.4) is 0 Å². The second-order valence-electron chi connectivity index (χ2n) is 9.48. The summed E-state index contributed by atoms with van der Waals surface area (Å²) in [5.41, 5.74) is 3.00. The topological polar surface area (TPSA) is 90.9 Å². The van der Waals surface area contributed by atoms with Crippen LogP contribution in [0.2, 0.25) is 0 Å². The molecule has 182 valence electrons. The van der Waals surface area contributed by atoms with Crippen molar-refractivity contribution in [2.24, 2.45) is 11.8 Å². The molecule has 0 radical (unpaired) electrons. The molecule has 0 bridgehead atoms. The van der Waals surface area contributed by atoms with Gasteiger partial charge in [0.1, 0.15) is 17.8 Å². The van der Waals surface area contributed by atoms with E-state index in [-0.39, 0.29) is 17.8 Å². The van der Waals surface area contributed by atoms with Gasteiger partial charge < -0.3 is 19.5 Å². The maximum atomic E-state index is 13.8. The second kappa shape index (κ2) is 10.0. The van der Waals surface area contributed by atoms with Gasteiger partial charge in [-0.1, -0.05) is 25.5 Å². The summed E-state index contributed by atoms with van der Waals surface area (Å²) in [5.74, 6) is -2.44. The van der Waals surface area contributed by atoms with Crippen molar-refractivity contribution in [3.05, 3.63) is 52.4 Å². The van der Waals surface area contributed by atoms with Gasteiger partial charge in [-0.25, -0.2) is 4.79 Å². The SMILES string of the molecule is COC(=O)[C@@H]1C(=O)C2=C(C[C@H]1C)NC(C)=C(C(=O)OC1CCCCC1)[C@H]2c1cccc(OC)c1. The molecule has 2 aliphatic carbocycles. The fourth-order valence-electron chi connectivity index (χ4n) is 5.50. The molecule has 1 fully saturated rings. The number of allylic oxidation sites excluding steroid dienone is 3. The first-order valence-corrected chi connectivity index (χ1v) is 12.0. The molecule has 0 spiro atoms. The summed E-state index contributed by atoms with van der Waals surface area (Å²) in [7, 11) is 2.87. The first kappa shape index (κ1) is 24.0. The minimum Gasteiger partial charge on any atom is -0.497 e. The number of hydrogen-bond acceptors (Lipinski definition) is 7. The number of dihydropyridines is 1. The Balaban J connectivity index is 1.79. The first-order chi connectivity index (χ1) is 16.3. The van der Waals surface area contributed by atoms with Crippen LogP contribution in [0.1, 0.15) is 63.9 Å². The fraction of sp³-hybridized carbons (Fsp3) is 0.519. The van der Waals surface area contributed by atoms with Crippen molar-refractivity contribution in [2.45, 2.75) is 64.4 Å². The standard InChI is InChI=1S/C27H33NO6/c1-15-13-20-24(25(29)21(15)26(30)33-4)23(17-9-8-12-19(14-17)32-3)22(16(2)28-20)27(31)34-18-10-6-5-7-11-18/h8-9,12,14-15,18,21,23,28H,5-7,10-11,13H2,1-4H3/t15-,21+,23-/m1/s1. The lowest BCUT2D eigenvalue weighted by Crippen LogP contribution is -2.43. The molecule has 1 saturated carbocycles. The lowest BCUT2D eigenvalue weighted by atomic mass is 9.69. The van der Waals surface area contributed by atoms with Crippen LogP contribution in [0.5, 0.6) is 5.75 Å². The molecule has 0 saturated heterocycles. The summed E-state index contributed by atoms with van der Waals surface area (Å²) in [6.07, 6.45) is 5.33. The van der Waals surface area contributed by atoms with Gasteiger partial charge in [-0.2, -0.15) is 0 Å². The lowest BCUT2D eigenvalue weighted by Gasteiger charge is -2.38. The molecule has 0 amide bonds. The van der Waals surface area contributed by atoms with Gasteiger partial charge in [0.15, 0.2) is 5.78 Å². The van der Waals surface area contributed by atoms with Crippen LogP contribution >= 0.6 is 0 Å². The van der Waals surface area contributed by atoms with E-state index in [1.165, 1.54) is 7.11 Å². The number of carbonyl (C=O) groups is 3. The van der Waals surface area contributed by atoms with E-state index in [1.807, 2.05) is 38.1 Å². The molecule has 1 N–H and O–H groups in total. The molecule has 1 heterocycles. The van der Waals surface area contributed by atoms with Crippen molar-refractivity contribution in [2.75, 3.05) is 14.2 Å². The molecular weight excluding hydrogens is 434 g/mol. The number of Topliss-reactive ketones (excluding diaryl/α,β-unsaturated/α-hetero) is 1. The normalized spacial score (nSPS) is 25.4. The van der Waals surface area contributed by atoms with Gasteiger partial charge >= 0.3 is 11.9 Å². The quantitative estimate of drug-likeness (QED) is 0.513. The van der Waals surface area contributed by atoms with E-state index >= 15 is 0 Å². The monoisotopic (exact) mass is 467 g/mol. The predicted molar refractivity (Wildman–Crippen MR) is 126 cm³/mol. The fourth-order valence-corrected chi connectivity index (χ4v) is 5.50. The number of rotatable bonds is 5. The molecular formula is C27H33NO6. The Bertz CT molecular complexity index is 1050. The van der Waals surface area contributed by atoms with E-state index in [9.17, 15) is 14.4 Å². The average Bonchev–Trinajstić information content (AvgIpc) is 2.83. The maximum Gasteiger partial charge on any atom is 0.337 e. The van der Waals surface area contributed by atoms with Crippen molar-refractivity contribution >= 4 is 17.7 Å². The molecule has 1 aromatic carbocycles. The number of ether oxygens (including phenoxy) is 3.